The van der Waals surface area contributed by atoms with Crippen molar-refractivity contribution in [2.45, 2.75) is 63.5 Å². The van der Waals surface area contributed by atoms with Crippen molar-refractivity contribution in [1.29, 1.82) is 0 Å². The molecule has 0 aromatic heterocycles. The van der Waals surface area contributed by atoms with Gasteiger partial charge in [0.2, 0.25) is 11.8 Å². The van der Waals surface area contributed by atoms with Crippen molar-refractivity contribution in [1.82, 2.24) is 5.32 Å². The summed E-state index contributed by atoms with van der Waals surface area (Å²) in [5.41, 5.74) is 5.39. The van der Waals surface area contributed by atoms with Crippen molar-refractivity contribution in [3.05, 3.63) is 0 Å². The lowest BCUT2D eigenvalue weighted by atomic mass is 9.78. The van der Waals surface area contributed by atoms with Crippen LogP contribution in [0.25, 0.3) is 0 Å². The fourth-order valence-corrected chi connectivity index (χ4v) is 3.35. The van der Waals surface area contributed by atoms with Crippen LogP contribution in [0.4, 0.5) is 0 Å². The fraction of sp³-hybridized carbons (Fsp3) is 0.857. The van der Waals surface area contributed by atoms with Crippen LogP contribution >= 0.6 is 0 Å². The third-order valence-electron chi connectivity index (χ3n) is 4.53. The molecule has 108 valence electrons. The van der Waals surface area contributed by atoms with Crippen molar-refractivity contribution in [3.63, 3.8) is 0 Å². The van der Waals surface area contributed by atoms with E-state index in [4.69, 9.17) is 5.73 Å². The Morgan fingerprint density at radius 1 is 0.947 bits per heavy atom. The highest BCUT2D eigenvalue weighted by atomic mass is 16.3. The molecule has 5 nitrogen and oxygen atoms in total. The van der Waals surface area contributed by atoms with Gasteiger partial charge >= 0.3 is 0 Å². The molecular weight excluding hydrogens is 244 g/mol. The molecule has 19 heavy (non-hydrogen) atoms. The standard InChI is InChI=1S/C14H24N2O3/c15-13(18)9-5-1-2-6-10(9)14(19)16-11-7-3-4-8-12(11)17/h9-12,17H,1-8H2,(H2,15,18)(H,16,19)/t9-,10+,11-,12-/m0/s1. The molecule has 5 heteroatoms. The smallest absolute Gasteiger partial charge is 0.224 e. The summed E-state index contributed by atoms with van der Waals surface area (Å²) in [6, 6.07) is -0.156. The molecule has 0 heterocycles. The van der Waals surface area contributed by atoms with Crippen LogP contribution in [0.2, 0.25) is 0 Å². The van der Waals surface area contributed by atoms with Crippen LogP contribution in [0.3, 0.4) is 0 Å². The minimum absolute atomic E-state index is 0.102. The summed E-state index contributed by atoms with van der Waals surface area (Å²) >= 11 is 0. The minimum atomic E-state index is -0.451. The lowest BCUT2D eigenvalue weighted by Crippen LogP contribution is -2.50. The Morgan fingerprint density at radius 2 is 1.53 bits per heavy atom. The van der Waals surface area contributed by atoms with Gasteiger partial charge in [-0.15, -0.1) is 0 Å². The first-order valence-corrected chi connectivity index (χ1v) is 7.37. The maximum atomic E-state index is 12.3. The number of hydrogen-bond donors (Lipinski definition) is 3. The van der Waals surface area contributed by atoms with E-state index in [1.165, 1.54) is 0 Å². The molecule has 2 aliphatic carbocycles. The molecule has 0 aromatic carbocycles. The Bertz CT molecular complexity index is 346. The number of rotatable bonds is 3. The first-order chi connectivity index (χ1) is 9.09. The molecule has 2 saturated carbocycles. The number of primary amides is 1. The van der Waals surface area contributed by atoms with Gasteiger partial charge in [0.25, 0.3) is 0 Å². The lowest BCUT2D eigenvalue weighted by Gasteiger charge is -2.33. The Hall–Kier alpha value is -1.10. The number of aliphatic hydroxyl groups excluding tert-OH is 1. The number of amides is 2. The highest BCUT2D eigenvalue weighted by Gasteiger charge is 2.36. The fourth-order valence-electron chi connectivity index (χ4n) is 3.35. The van der Waals surface area contributed by atoms with Crippen molar-refractivity contribution in [3.8, 4) is 0 Å². The zero-order valence-corrected chi connectivity index (χ0v) is 11.3. The number of nitrogens with two attached hydrogens (primary N) is 1. The van der Waals surface area contributed by atoms with Crippen LogP contribution in [0.5, 0.6) is 0 Å². The van der Waals surface area contributed by atoms with E-state index in [2.05, 4.69) is 5.32 Å². The van der Waals surface area contributed by atoms with Crippen LogP contribution in [0, 0.1) is 11.8 Å². The summed E-state index contributed by atoms with van der Waals surface area (Å²) < 4.78 is 0. The number of aliphatic hydroxyl groups is 1. The summed E-state index contributed by atoms with van der Waals surface area (Å²) in [6.45, 7) is 0. The molecule has 4 N–H and O–H groups in total. The van der Waals surface area contributed by atoms with Crippen molar-refractivity contribution < 1.29 is 14.7 Å². The van der Waals surface area contributed by atoms with Gasteiger partial charge in [0.05, 0.1) is 12.1 Å². The predicted octanol–water partition coefficient (Wildman–Crippen LogP) is 0.698. The van der Waals surface area contributed by atoms with Gasteiger partial charge in [0, 0.05) is 11.8 Å². The zero-order chi connectivity index (χ0) is 13.8. The molecule has 2 aliphatic rings. The molecule has 4 atom stereocenters. The summed E-state index contributed by atoms with van der Waals surface area (Å²) in [6.07, 6.45) is 6.53. The highest BCUT2D eigenvalue weighted by Crippen LogP contribution is 2.30. The van der Waals surface area contributed by atoms with Crippen LogP contribution in [-0.2, 0) is 9.59 Å². The van der Waals surface area contributed by atoms with E-state index < -0.39 is 6.10 Å². The van der Waals surface area contributed by atoms with Crippen LogP contribution in [0.15, 0.2) is 0 Å². The van der Waals surface area contributed by atoms with E-state index in [1.807, 2.05) is 0 Å². The number of nitrogens with one attached hydrogen (secondary N) is 1. The van der Waals surface area contributed by atoms with Crippen molar-refractivity contribution >= 4 is 11.8 Å². The second kappa shape index (κ2) is 6.37. The highest BCUT2D eigenvalue weighted by molar-refractivity contribution is 5.87. The van der Waals surface area contributed by atoms with Crippen LogP contribution < -0.4 is 11.1 Å². The quantitative estimate of drug-likeness (QED) is 0.703. The largest absolute Gasteiger partial charge is 0.391 e. The summed E-state index contributed by atoms with van der Waals surface area (Å²) in [7, 11) is 0. The van der Waals surface area contributed by atoms with E-state index in [0.29, 0.717) is 6.42 Å². The Kier molecular flexibility index (Phi) is 4.80. The van der Waals surface area contributed by atoms with Gasteiger partial charge in [0.15, 0.2) is 0 Å². The molecule has 2 amide bonds. The molecule has 0 bridgehead atoms. The van der Waals surface area contributed by atoms with Gasteiger partial charge in [-0.3, -0.25) is 9.59 Å². The average Bonchev–Trinajstić information content (AvgIpc) is 2.41. The van der Waals surface area contributed by atoms with Gasteiger partial charge in [-0.05, 0) is 25.7 Å². The maximum Gasteiger partial charge on any atom is 0.224 e. The van der Waals surface area contributed by atoms with E-state index >= 15 is 0 Å². The second-order valence-corrected chi connectivity index (χ2v) is 5.87. The molecule has 2 fully saturated rings. The van der Waals surface area contributed by atoms with Crippen LogP contribution in [0.1, 0.15) is 51.4 Å². The van der Waals surface area contributed by atoms with E-state index in [1.54, 1.807) is 0 Å². The van der Waals surface area contributed by atoms with Gasteiger partial charge in [0.1, 0.15) is 0 Å². The van der Waals surface area contributed by atoms with E-state index in [0.717, 1.165) is 44.9 Å². The average molecular weight is 268 g/mol. The summed E-state index contributed by atoms with van der Waals surface area (Å²) in [5.74, 6) is -1.12. The third-order valence-corrected chi connectivity index (χ3v) is 4.53. The molecule has 0 spiro atoms. The van der Waals surface area contributed by atoms with Crippen LogP contribution in [-0.4, -0.2) is 29.1 Å². The van der Waals surface area contributed by atoms with Gasteiger partial charge in [-0.25, -0.2) is 0 Å². The van der Waals surface area contributed by atoms with E-state index in [9.17, 15) is 14.7 Å². The molecule has 0 aliphatic heterocycles. The molecule has 0 saturated heterocycles. The normalized spacial score (nSPS) is 35.6. The van der Waals surface area contributed by atoms with Gasteiger partial charge in [-0.2, -0.15) is 0 Å². The van der Waals surface area contributed by atoms with Gasteiger partial charge < -0.3 is 16.2 Å². The number of hydrogen-bond acceptors (Lipinski definition) is 3. The molecule has 0 aromatic rings. The first kappa shape index (κ1) is 14.3. The van der Waals surface area contributed by atoms with Crippen molar-refractivity contribution in [2.75, 3.05) is 0 Å². The van der Waals surface area contributed by atoms with E-state index in [-0.39, 0.29) is 29.7 Å². The minimum Gasteiger partial charge on any atom is -0.391 e. The zero-order valence-electron chi connectivity index (χ0n) is 11.3. The Labute approximate surface area is 113 Å². The molecule has 0 unspecified atom stereocenters. The first-order valence-electron chi connectivity index (χ1n) is 7.37. The molecular formula is C14H24N2O3. The SMILES string of the molecule is NC(=O)[C@H]1CCCC[C@H]1C(=O)N[C@H]1CCCC[C@@H]1O. The third kappa shape index (κ3) is 3.47. The summed E-state index contributed by atoms with van der Waals surface area (Å²) in [5, 5.41) is 12.8. The predicted molar refractivity (Wildman–Crippen MR) is 71.0 cm³/mol. The Balaban J connectivity index is 1.95. The number of carbonyl (C=O) groups excluding carboxylic acids is 2. The molecule has 2 rings (SSSR count). The monoisotopic (exact) mass is 268 g/mol. The summed E-state index contributed by atoms with van der Waals surface area (Å²) in [4.78, 5) is 23.7. The lowest BCUT2D eigenvalue weighted by molar-refractivity contribution is -0.136. The topological polar surface area (TPSA) is 92.4 Å². The van der Waals surface area contributed by atoms with Crippen molar-refractivity contribution in [2.24, 2.45) is 17.6 Å². The second-order valence-electron chi connectivity index (χ2n) is 5.87. The molecule has 0 radical (unpaired) electrons. The Morgan fingerprint density at radius 3 is 2.16 bits per heavy atom. The van der Waals surface area contributed by atoms with Gasteiger partial charge in [-0.1, -0.05) is 25.7 Å². The number of carbonyl (C=O) groups is 2. The maximum absolute atomic E-state index is 12.3.